The molecule has 0 radical (unpaired) electrons. The van der Waals surface area contributed by atoms with Gasteiger partial charge in [-0.2, -0.15) is 0 Å². The van der Waals surface area contributed by atoms with Crippen LogP contribution in [0.25, 0.3) is 6.08 Å². The van der Waals surface area contributed by atoms with Crippen molar-refractivity contribution in [1.82, 2.24) is 4.98 Å². The molecule has 1 saturated heterocycles. The Morgan fingerprint density at radius 3 is 2.37 bits per heavy atom. The standard InChI is InChI=1S/C13H18BClN2O2/c1-12(2)13(3,4)19-14(18-12)6-5-11-10(16)7-9(15)8-17-11/h5-8H,16H2,1-4H3/b6-5+. The van der Waals surface area contributed by atoms with Crippen molar-refractivity contribution in [2.24, 2.45) is 0 Å². The van der Waals surface area contributed by atoms with Crippen LogP contribution < -0.4 is 5.73 Å². The van der Waals surface area contributed by atoms with Gasteiger partial charge < -0.3 is 15.0 Å². The zero-order valence-electron chi connectivity index (χ0n) is 11.6. The lowest BCUT2D eigenvalue weighted by Gasteiger charge is -2.32. The van der Waals surface area contributed by atoms with Gasteiger partial charge in [-0.25, -0.2) is 0 Å². The molecule has 0 aromatic carbocycles. The fourth-order valence-electron chi connectivity index (χ4n) is 1.74. The topological polar surface area (TPSA) is 57.4 Å². The maximum atomic E-state index is 5.85. The Hall–Kier alpha value is -1.04. The van der Waals surface area contributed by atoms with Crippen molar-refractivity contribution in [3.63, 3.8) is 0 Å². The van der Waals surface area contributed by atoms with Crippen molar-refractivity contribution in [3.8, 4) is 0 Å². The number of nitrogen functional groups attached to an aromatic ring is 1. The first-order valence-corrected chi connectivity index (χ1v) is 6.54. The largest absolute Gasteiger partial charge is 0.487 e. The maximum absolute atomic E-state index is 5.85. The van der Waals surface area contributed by atoms with Crippen LogP contribution in [0, 0.1) is 0 Å². The summed E-state index contributed by atoms with van der Waals surface area (Å²) in [5, 5.41) is 0.519. The number of aromatic nitrogens is 1. The molecule has 1 aliphatic heterocycles. The summed E-state index contributed by atoms with van der Waals surface area (Å²) in [5.74, 6) is 1.81. The minimum Gasteiger partial charge on any atom is -0.400 e. The molecule has 2 rings (SSSR count). The molecule has 0 bridgehead atoms. The second kappa shape index (κ2) is 4.82. The molecule has 0 unspecified atom stereocenters. The van der Waals surface area contributed by atoms with Gasteiger partial charge in [-0.3, -0.25) is 4.98 Å². The molecule has 1 aliphatic rings. The van der Waals surface area contributed by atoms with E-state index in [-0.39, 0.29) is 11.2 Å². The molecule has 19 heavy (non-hydrogen) atoms. The number of halogens is 1. The van der Waals surface area contributed by atoms with E-state index in [1.807, 2.05) is 33.7 Å². The van der Waals surface area contributed by atoms with E-state index < -0.39 is 7.12 Å². The molecule has 0 atom stereocenters. The SMILES string of the molecule is CC1(C)OB(/C=C/c2ncc(Cl)cc2N)OC1(C)C. The van der Waals surface area contributed by atoms with Gasteiger partial charge >= 0.3 is 7.12 Å². The molecule has 102 valence electrons. The molecule has 2 heterocycles. The quantitative estimate of drug-likeness (QED) is 0.846. The third-order valence-electron chi connectivity index (χ3n) is 3.60. The van der Waals surface area contributed by atoms with Crippen LogP contribution in [-0.2, 0) is 9.31 Å². The number of rotatable bonds is 2. The molecule has 0 saturated carbocycles. The molecule has 0 amide bonds. The lowest BCUT2D eigenvalue weighted by atomic mass is 9.89. The summed E-state index contributed by atoms with van der Waals surface area (Å²) in [6, 6.07) is 1.67. The van der Waals surface area contributed by atoms with Gasteiger partial charge in [0.05, 0.1) is 27.6 Å². The number of anilines is 1. The van der Waals surface area contributed by atoms with Gasteiger partial charge in [0.1, 0.15) is 0 Å². The Labute approximate surface area is 119 Å². The molecular weight excluding hydrogens is 262 g/mol. The molecule has 1 fully saturated rings. The number of hydrogen-bond acceptors (Lipinski definition) is 4. The first kappa shape index (κ1) is 14.4. The van der Waals surface area contributed by atoms with Crippen LogP contribution >= 0.6 is 11.6 Å². The number of hydrogen-bond donors (Lipinski definition) is 1. The van der Waals surface area contributed by atoms with Gasteiger partial charge in [0.2, 0.25) is 0 Å². The number of pyridine rings is 1. The first-order valence-electron chi connectivity index (χ1n) is 6.16. The minimum absolute atomic E-state index is 0.346. The summed E-state index contributed by atoms with van der Waals surface area (Å²) in [4.78, 5) is 4.16. The second-order valence-electron chi connectivity index (χ2n) is 5.61. The Balaban J connectivity index is 2.13. The first-order chi connectivity index (χ1) is 8.71. The summed E-state index contributed by atoms with van der Waals surface area (Å²) in [6.07, 6.45) is 3.34. The van der Waals surface area contributed by atoms with Gasteiger partial charge in [0, 0.05) is 6.20 Å². The van der Waals surface area contributed by atoms with Crippen LogP contribution in [-0.4, -0.2) is 23.3 Å². The van der Waals surface area contributed by atoms with E-state index in [9.17, 15) is 0 Å². The van der Waals surface area contributed by atoms with Gasteiger partial charge in [0.15, 0.2) is 0 Å². The van der Waals surface area contributed by atoms with Gasteiger partial charge in [-0.15, -0.1) is 0 Å². The lowest BCUT2D eigenvalue weighted by Crippen LogP contribution is -2.41. The summed E-state index contributed by atoms with van der Waals surface area (Å²) in [5.41, 5.74) is 6.32. The van der Waals surface area contributed by atoms with E-state index in [0.29, 0.717) is 16.4 Å². The Morgan fingerprint density at radius 1 is 1.26 bits per heavy atom. The minimum atomic E-state index is -0.401. The Morgan fingerprint density at radius 2 is 1.84 bits per heavy atom. The third-order valence-corrected chi connectivity index (χ3v) is 3.81. The van der Waals surface area contributed by atoms with E-state index >= 15 is 0 Å². The number of nitrogens with two attached hydrogens (primary N) is 1. The lowest BCUT2D eigenvalue weighted by molar-refractivity contribution is 0.00578. The van der Waals surface area contributed by atoms with E-state index in [4.69, 9.17) is 26.6 Å². The Kier molecular flexibility index (Phi) is 3.64. The number of nitrogens with zero attached hydrogens (tertiary/aromatic N) is 1. The highest BCUT2D eigenvalue weighted by molar-refractivity contribution is 6.52. The van der Waals surface area contributed by atoms with Gasteiger partial charge in [-0.05, 0) is 39.8 Å². The van der Waals surface area contributed by atoms with Crippen molar-refractivity contribution in [2.45, 2.75) is 38.9 Å². The average molecular weight is 281 g/mol. The fourth-order valence-corrected chi connectivity index (χ4v) is 1.91. The van der Waals surface area contributed by atoms with Crippen LogP contribution in [0.2, 0.25) is 5.02 Å². The van der Waals surface area contributed by atoms with E-state index in [1.165, 1.54) is 0 Å². The molecule has 1 aromatic rings. The third kappa shape index (κ3) is 2.94. The smallest absolute Gasteiger partial charge is 0.400 e. The van der Waals surface area contributed by atoms with Crippen LogP contribution in [0.15, 0.2) is 18.2 Å². The van der Waals surface area contributed by atoms with Crippen LogP contribution in [0.5, 0.6) is 0 Å². The van der Waals surface area contributed by atoms with Gasteiger partial charge in [0.25, 0.3) is 0 Å². The highest BCUT2D eigenvalue weighted by Gasteiger charge is 2.50. The van der Waals surface area contributed by atoms with Crippen molar-refractivity contribution in [1.29, 1.82) is 0 Å². The summed E-state index contributed by atoms with van der Waals surface area (Å²) < 4.78 is 11.7. The van der Waals surface area contributed by atoms with Crippen molar-refractivity contribution in [2.75, 3.05) is 5.73 Å². The normalized spacial score (nSPS) is 21.2. The van der Waals surface area contributed by atoms with E-state index in [2.05, 4.69) is 4.98 Å². The maximum Gasteiger partial charge on any atom is 0.487 e. The van der Waals surface area contributed by atoms with Crippen LogP contribution in [0.4, 0.5) is 5.69 Å². The van der Waals surface area contributed by atoms with Gasteiger partial charge in [-0.1, -0.05) is 17.6 Å². The summed E-state index contributed by atoms with van der Waals surface area (Å²) >= 11 is 5.80. The van der Waals surface area contributed by atoms with Crippen molar-refractivity contribution >= 4 is 30.5 Å². The van der Waals surface area contributed by atoms with E-state index in [0.717, 1.165) is 0 Å². The summed E-state index contributed by atoms with van der Waals surface area (Å²) in [7, 11) is -0.401. The highest BCUT2D eigenvalue weighted by atomic mass is 35.5. The summed E-state index contributed by atoms with van der Waals surface area (Å²) in [6.45, 7) is 8.04. The van der Waals surface area contributed by atoms with Crippen LogP contribution in [0.3, 0.4) is 0 Å². The zero-order valence-corrected chi connectivity index (χ0v) is 12.4. The molecule has 2 N–H and O–H groups in total. The average Bonchev–Trinajstić information content (AvgIpc) is 2.46. The predicted octanol–water partition coefficient (Wildman–Crippen LogP) is 2.96. The molecule has 0 aliphatic carbocycles. The van der Waals surface area contributed by atoms with Crippen molar-refractivity contribution in [3.05, 3.63) is 29.0 Å². The van der Waals surface area contributed by atoms with Crippen LogP contribution in [0.1, 0.15) is 33.4 Å². The Bertz CT molecular complexity index is 501. The zero-order chi connectivity index (χ0) is 14.3. The molecule has 6 heteroatoms. The monoisotopic (exact) mass is 280 g/mol. The molecule has 0 spiro atoms. The molecular formula is C13H18BClN2O2. The second-order valence-corrected chi connectivity index (χ2v) is 6.05. The predicted molar refractivity (Wildman–Crippen MR) is 78.8 cm³/mol. The fraction of sp³-hybridized carbons (Fsp3) is 0.462. The molecule has 4 nitrogen and oxygen atoms in total. The highest BCUT2D eigenvalue weighted by Crippen LogP contribution is 2.37. The van der Waals surface area contributed by atoms with E-state index in [1.54, 1.807) is 18.3 Å². The molecule has 1 aromatic heterocycles. The van der Waals surface area contributed by atoms with Crippen molar-refractivity contribution < 1.29 is 9.31 Å².